The lowest BCUT2D eigenvalue weighted by Crippen LogP contribution is -2.54. The number of rotatable bonds is 14. The molecule has 4 atom stereocenters. The molecule has 3 aromatic rings. The molecule has 1 aliphatic heterocycles. The Morgan fingerprint density at radius 1 is 1.21 bits per heavy atom. The first-order valence-corrected chi connectivity index (χ1v) is 15.1. The molecule has 10 nitrogen and oxygen atoms in total. The minimum atomic E-state index is -0.751. The van der Waals surface area contributed by atoms with Gasteiger partial charge in [-0.3, -0.25) is 24.7 Å². The Kier molecular flexibility index (Phi) is 9.11. The number of hydrogen-bond acceptors (Lipinski definition) is 7. The molecule has 1 saturated carbocycles. The highest BCUT2D eigenvalue weighted by Crippen LogP contribution is 2.45. The number of methoxy groups -OCH3 is 1. The monoisotopic (exact) mass is 584 g/mol. The van der Waals surface area contributed by atoms with Crippen molar-refractivity contribution < 1.29 is 19.1 Å². The topological polar surface area (TPSA) is 149 Å². The number of nitrogens with zero attached hydrogens (tertiary/aromatic N) is 2. The number of ether oxygens (including phenoxy) is 1. The van der Waals surface area contributed by atoms with Gasteiger partial charge in [-0.1, -0.05) is 26.0 Å². The zero-order chi connectivity index (χ0) is 30.6. The van der Waals surface area contributed by atoms with Crippen molar-refractivity contribution in [1.82, 2.24) is 25.9 Å². The van der Waals surface area contributed by atoms with Crippen molar-refractivity contribution in [3.63, 3.8) is 0 Å². The number of aromatic amines is 1. The van der Waals surface area contributed by atoms with Gasteiger partial charge in [0.1, 0.15) is 11.8 Å². The molecule has 1 unspecified atom stereocenters. The molecule has 0 spiro atoms. The Balaban J connectivity index is 1.36. The predicted molar refractivity (Wildman–Crippen MR) is 162 cm³/mol. The maximum atomic E-state index is 13.9. The van der Waals surface area contributed by atoms with Crippen molar-refractivity contribution in [2.24, 2.45) is 17.8 Å². The molecule has 0 bridgehead atoms. The van der Waals surface area contributed by atoms with Crippen molar-refractivity contribution >= 4 is 28.5 Å². The second-order valence-corrected chi connectivity index (χ2v) is 12.2. The van der Waals surface area contributed by atoms with E-state index in [-0.39, 0.29) is 35.9 Å². The van der Waals surface area contributed by atoms with Crippen molar-refractivity contribution in [2.75, 3.05) is 13.7 Å². The predicted octanol–water partition coefficient (Wildman–Crippen LogP) is 3.99. The van der Waals surface area contributed by atoms with Gasteiger partial charge in [0.25, 0.3) is 0 Å². The summed E-state index contributed by atoms with van der Waals surface area (Å²) in [5.74, 6) is -0.613. The number of ketones is 1. The molecule has 3 heterocycles. The molecule has 43 heavy (non-hydrogen) atoms. The molecule has 2 aliphatic rings. The minimum Gasteiger partial charge on any atom is -0.496 e. The number of Topliss-reactive ketones (excluding diaryl/α,β-unsaturated/α-hetero) is 1. The first-order valence-electron chi connectivity index (χ1n) is 15.1. The van der Waals surface area contributed by atoms with E-state index < -0.39 is 23.5 Å². The van der Waals surface area contributed by atoms with Crippen LogP contribution in [0.1, 0.15) is 68.6 Å². The van der Waals surface area contributed by atoms with E-state index in [1.165, 1.54) is 0 Å². The normalized spacial score (nSPS) is 19.3. The Labute approximate surface area is 252 Å². The number of amides is 2. The molecular weight excluding hydrogens is 544 g/mol. The molecule has 0 radical (unpaired) electrons. The minimum absolute atomic E-state index is 0.0122. The Hall–Kier alpha value is -4.23. The summed E-state index contributed by atoms with van der Waals surface area (Å²) in [6, 6.07) is 14.0. The van der Waals surface area contributed by atoms with E-state index in [1.807, 2.05) is 50.2 Å². The lowest BCUT2D eigenvalue weighted by atomic mass is 9.89. The fourth-order valence-electron chi connectivity index (χ4n) is 6.16. The number of nitriles is 1. The van der Waals surface area contributed by atoms with Crippen molar-refractivity contribution in [3.05, 3.63) is 60.0 Å². The summed E-state index contributed by atoms with van der Waals surface area (Å²) < 4.78 is 5.44. The summed E-state index contributed by atoms with van der Waals surface area (Å²) in [6.45, 7) is 4.61. The van der Waals surface area contributed by atoms with E-state index in [2.05, 4.69) is 32.0 Å². The average molecular weight is 585 g/mol. The third kappa shape index (κ3) is 6.89. The van der Waals surface area contributed by atoms with Gasteiger partial charge in [0, 0.05) is 41.9 Å². The van der Waals surface area contributed by atoms with Crippen LogP contribution in [0.3, 0.4) is 0 Å². The van der Waals surface area contributed by atoms with Crippen molar-refractivity contribution in [1.29, 1.82) is 5.26 Å². The number of carbonyl (C=O) groups is 3. The van der Waals surface area contributed by atoms with Crippen molar-refractivity contribution in [3.8, 4) is 11.8 Å². The Bertz CT molecular complexity index is 1510. The molecule has 10 heteroatoms. The number of benzene rings is 1. The summed E-state index contributed by atoms with van der Waals surface area (Å²) in [7, 11) is 1.59. The number of carbonyl (C=O) groups excluding carboxylic acids is 3. The molecule has 2 amide bonds. The number of aromatic nitrogens is 2. The summed E-state index contributed by atoms with van der Waals surface area (Å²) in [5.41, 5.74) is 1.62. The maximum Gasteiger partial charge on any atom is 0.223 e. The van der Waals surface area contributed by atoms with Crippen LogP contribution in [0.15, 0.2) is 48.7 Å². The second kappa shape index (κ2) is 13.0. The Morgan fingerprint density at radius 2 is 2.02 bits per heavy atom. The van der Waals surface area contributed by atoms with Crippen LogP contribution in [0.5, 0.6) is 5.75 Å². The summed E-state index contributed by atoms with van der Waals surface area (Å²) in [6.07, 6.45) is 4.87. The number of fused-ring (bicyclic) bond motifs is 1. The fraction of sp³-hybridized carbons (Fsp3) is 0.485. The van der Waals surface area contributed by atoms with Crippen LogP contribution in [0.2, 0.25) is 0 Å². The zero-order valence-corrected chi connectivity index (χ0v) is 25.0. The van der Waals surface area contributed by atoms with E-state index >= 15 is 0 Å². The van der Waals surface area contributed by atoms with Gasteiger partial charge in [-0.05, 0) is 68.4 Å². The largest absolute Gasteiger partial charge is 0.496 e. The number of H-pyrrole nitrogens is 1. The standard InChI is InChI=1S/C33H40N6O4/c1-20(2)15-22(17-28(40)26-18-23-24(37-26)7-6-8-29(23)43-3)32(42)38-25(16-21-10-14-36-31(21)41)27(19-34)39-33(11-12-33)30-9-4-5-13-35-30/h4-9,13,18,20-22,25,27,37,39H,10-12,14-17H2,1-3H3,(H,36,41)(H,38,42)/t21-,22+,25-,27?/m0/s1. The van der Waals surface area contributed by atoms with Crippen LogP contribution in [0, 0.1) is 29.1 Å². The first-order chi connectivity index (χ1) is 20.7. The average Bonchev–Trinajstić information content (AvgIpc) is 3.47. The van der Waals surface area contributed by atoms with Gasteiger partial charge in [-0.15, -0.1) is 0 Å². The highest BCUT2D eigenvalue weighted by atomic mass is 16.5. The number of hydrogen-bond donors (Lipinski definition) is 4. The molecule has 2 aromatic heterocycles. The van der Waals surface area contributed by atoms with Gasteiger partial charge in [0.05, 0.1) is 36.1 Å². The van der Waals surface area contributed by atoms with Crippen LogP contribution in [-0.2, 0) is 15.1 Å². The van der Waals surface area contributed by atoms with Crippen molar-refractivity contribution in [2.45, 2.75) is 70.0 Å². The van der Waals surface area contributed by atoms with E-state index in [0.29, 0.717) is 37.3 Å². The third-order valence-electron chi connectivity index (χ3n) is 8.61. The zero-order valence-electron chi connectivity index (χ0n) is 25.0. The second-order valence-electron chi connectivity index (χ2n) is 12.2. The van der Waals surface area contributed by atoms with E-state index in [9.17, 15) is 19.6 Å². The van der Waals surface area contributed by atoms with E-state index in [4.69, 9.17) is 4.74 Å². The van der Waals surface area contributed by atoms with Gasteiger partial charge in [0.15, 0.2) is 5.78 Å². The highest BCUT2D eigenvalue weighted by molar-refractivity contribution is 6.02. The quantitative estimate of drug-likeness (QED) is 0.209. The lowest BCUT2D eigenvalue weighted by molar-refractivity contribution is -0.127. The summed E-state index contributed by atoms with van der Waals surface area (Å²) in [5, 5.41) is 20.6. The SMILES string of the molecule is COc1cccc2[nH]c(C(=O)C[C@@H](CC(C)C)C(=O)N[C@@H](C[C@@H]3CCNC3=O)C(C#N)NC3(c4ccccn4)CC3)cc12. The number of nitrogens with one attached hydrogen (secondary N) is 4. The van der Waals surface area contributed by atoms with Crippen LogP contribution in [-0.4, -0.2) is 53.3 Å². The highest BCUT2D eigenvalue weighted by Gasteiger charge is 2.48. The number of pyridine rings is 1. The Morgan fingerprint density at radius 3 is 2.65 bits per heavy atom. The first kappa shape index (κ1) is 30.2. The van der Waals surface area contributed by atoms with Gasteiger partial charge >= 0.3 is 0 Å². The molecule has 1 aromatic carbocycles. The van der Waals surface area contributed by atoms with Crippen LogP contribution in [0.25, 0.3) is 10.9 Å². The van der Waals surface area contributed by atoms with E-state index in [1.54, 1.807) is 19.4 Å². The lowest BCUT2D eigenvalue weighted by Gasteiger charge is -2.31. The smallest absolute Gasteiger partial charge is 0.223 e. The summed E-state index contributed by atoms with van der Waals surface area (Å²) >= 11 is 0. The van der Waals surface area contributed by atoms with E-state index in [0.717, 1.165) is 29.4 Å². The van der Waals surface area contributed by atoms with Gasteiger partial charge in [-0.25, -0.2) is 0 Å². The summed E-state index contributed by atoms with van der Waals surface area (Å²) in [4.78, 5) is 47.6. The molecule has 2 fully saturated rings. The van der Waals surface area contributed by atoms with Gasteiger partial charge in [-0.2, -0.15) is 5.26 Å². The van der Waals surface area contributed by atoms with Crippen LogP contribution in [0.4, 0.5) is 0 Å². The molecule has 5 rings (SSSR count). The molecule has 4 N–H and O–H groups in total. The van der Waals surface area contributed by atoms with Gasteiger partial charge in [0.2, 0.25) is 11.8 Å². The van der Waals surface area contributed by atoms with Crippen LogP contribution < -0.4 is 20.7 Å². The van der Waals surface area contributed by atoms with Crippen LogP contribution >= 0.6 is 0 Å². The molecule has 1 saturated heterocycles. The fourth-order valence-corrected chi connectivity index (χ4v) is 6.16. The maximum absolute atomic E-state index is 13.9. The third-order valence-corrected chi connectivity index (χ3v) is 8.61. The van der Waals surface area contributed by atoms with Gasteiger partial charge < -0.3 is 20.4 Å². The molecule has 226 valence electrons. The molecule has 1 aliphatic carbocycles. The molecular formula is C33H40N6O4.